The van der Waals surface area contributed by atoms with E-state index in [1.807, 2.05) is 0 Å². The van der Waals surface area contributed by atoms with Crippen molar-refractivity contribution in [3.05, 3.63) is 29.6 Å². The number of carbonyl (C=O) groups is 3. The fourth-order valence-corrected chi connectivity index (χ4v) is 3.75. The SMILES string of the molecule is COc1ccc(C(=O)CCC(=O)NC2(C(=O)O)CCSC2)cc1F. The highest BCUT2D eigenvalue weighted by Gasteiger charge is 2.43. The summed E-state index contributed by atoms with van der Waals surface area (Å²) in [5.41, 5.74) is -1.11. The normalized spacial score (nSPS) is 19.8. The minimum atomic E-state index is -1.25. The van der Waals surface area contributed by atoms with Crippen molar-refractivity contribution in [2.24, 2.45) is 0 Å². The van der Waals surface area contributed by atoms with E-state index in [0.717, 1.165) is 6.07 Å². The van der Waals surface area contributed by atoms with E-state index < -0.39 is 29.0 Å². The van der Waals surface area contributed by atoms with Crippen molar-refractivity contribution in [2.75, 3.05) is 18.6 Å². The van der Waals surface area contributed by atoms with Gasteiger partial charge >= 0.3 is 5.97 Å². The molecule has 0 spiro atoms. The van der Waals surface area contributed by atoms with E-state index in [9.17, 15) is 23.9 Å². The number of rotatable bonds is 7. The van der Waals surface area contributed by atoms with Gasteiger partial charge in [-0.2, -0.15) is 11.8 Å². The highest BCUT2D eigenvalue weighted by Crippen LogP contribution is 2.28. The maximum absolute atomic E-state index is 13.6. The molecule has 1 aliphatic rings. The molecule has 0 aliphatic carbocycles. The van der Waals surface area contributed by atoms with Gasteiger partial charge in [-0.3, -0.25) is 9.59 Å². The molecular weight excluding hydrogens is 337 g/mol. The highest BCUT2D eigenvalue weighted by atomic mass is 32.2. The average Bonchev–Trinajstić information content (AvgIpc) is 3.02. The third-order valence-corrected chi connectivity index (χ3v) is 5.05. The quantitative estimate of drug-likeness (QED) is 0.726. The van der Waals surface area contributed by atoms with E-state index >= 15 is 0 Å². The maximum atomic E-state index is 13.6. The van der Waals surface area contributed by atoms with E-state index in [1.54, 1.807) is 0 Å². The molecule has 1 saturated heterocycles. The van der Waals surface area contributed by atoms with Crippen LogP contribution in [0.2, 0.25) is 0 Å². The summed E-state index contributed by atoms with van der Waals surface area (Å²) in [6, 6.07) is 3.83. The van der Waals surface area contributed by atoms with Gasteiger partial charge in [-0.25, -0.2) is 9.18 Å². The fourth-order valence-electron chi connectivity index (χ4n) is 2.43. The van der Waals surface area contributed by atoms with Crippen LogP contribution in [0.15, 0.2) is 18.2 Å². The number of carboxylic acid groups (broad SMARTS) is 1. The zero-order chi connectivity index (χ0) is 17.7. The third-order valence-electron chi connectivity index (χ3n) is 3.86. The molecule has 0 aromatic heterocycles. The second-order valence-electron chi connectivity index (χ2n) is 5.51. The summed E-state index contributed by atoms with van der Waals surface area (Å²) in [5, 5.41) is 11.8. The Morgan fingerprint density at radius 1 is 1.38 bits per heavy atom. The van der Waals surface area contributed by atoms with Gasteiger partial charge in [-0.05, 0) is 30.4 Å². The largest absolute Gasteiger partial charge is 0.494 e. The number of methoxy groups -OCH3 is 1. The first-order valence-electron chi connectivity index (χ1n) is 7.37. The molecule has 6 nitrogen and oxygen atoms in total. The van der Waals surface area contributed by atoms with Crippen LogP contribution in [0.5, 0.6) is 5.75 Å². The molecule has 0 saturated carbocycles. The molecule has 130 valence electrons. The highest BCUT2D eigenvalue weighted by molar-refractivity contribution is 7.99. The van der Waals surface area contributed by atoms with Gasteiger partial charge in [-0.1, -0.05) is 0 Å². The zero-order valence-electron chi connectivity index (χ0n) is 13.1. The van der Waals surface area contributed by atoms with Crippen LogP contribution in [0, 0.1) is 5.82 Å². The van der Waals surface area contributed by atoms with Crippen molar-refractivity contribution >= 4 is 29.4 Å². The lowest BCUT2D eigenvalue weighted by atomic mass is 9.98. The molecule has 1 aliphatic heterocycles. The van der Waals surface area contributed by atoms with Gasteiger partial charge in [0.15, 0.2) is 17.3 Å². The molecular formula is C16H18FNO5S. The van der Waals surface area contributed by atoms with Crippen LogP contribution in [0.3, 0.4) is 0 Å². The number of aliphatic carboxylic acids is 1. The number of halogens is 1. The van der Waals surface area contributed by atoms with E-state index in [4.69, 9.17) is 4.74 Å². The van der Waals surface area contributed by atoms with Gasteiger partial charge in [0.2, 0.25) is 5.91 Å². The van der Waals surface area contributed by atoms with E-state index in [-0.39, 0.29) is 24.2 Å². The summed E-state index contributed by atoms with van der Waals surface area (Å²) in [5.74, 6) is -1.60. The Balaban J connectivity index is 1.92. The molecule has 1 fully saturated rings. The number of nitrogens with one attached hydrogen (secondary N) is 1. The topological polar surface area (TPSA) is 92.7 Å². The number of hydrogen-bond donors (Lipinski definition) is 2. The Bertz CT molecular complexity index is 658. The lowest BCUT2D eigenvalue weighted by Gasteiger charge is -2.24. The predicted octanol–water partition coefficient (Wildman–Crippen LogP) is 1.87. The van der Waals surface area contributed by atoms with Crippen LogP contribution in [0.1, 0.15) is 29.6 Å². The van der Waals surface area contributed by atoms with E-state index in [0.29, 0.717) is 17.9 Å². The standard InChI is InChI=1S/C16H18FNO5S/c1-23-13-4-2-10(8-11(13)17)12(19)3-5-14(20)18-16(15(21)22)6-7-24-9-16/h2,4,8H,3,5-7,9H2,1H3,(H,18,20)(H,21,22). The van der Waals surface area contributed by atoms with Crippen LogP contribution < -0.4 is 10.1 Å². The molecule has 24 heavy (non-hydrogen) atoms. The molecule has 8 heteroatoms. The van der Waals surface area contributed by atoms with Gasteiger partial charge in [0.1, 0.15) is 5.54 Å². The number of Topliss-reactive ketones (excluding diaryl/α,β-unsaturated/α-hetero) is 1. The Morgan fingerprint density at radius 3 is 2.67 bits per heavy atom. The van der Waals surface area contributed by atoms with Crippen molar-refractivity contribution in [1.29, 1.82) is 0 Å². The van der Waals surface area contributed by atoms with Crippen LogP contribution in [0.4, 0.5) is 4.39 Å². The first-order valence-corrected chi connectivity index (χ1v) is 8.52. The molecule has 1 heterocycles. The first-order chi connectivity index (χ1) is 11.4. The summed E-state index contributed by atoms with van der Waals surface area (Å²) in [7, 11) is 1.32. The number of benzene rings is 1. The first kappa shape index (κ1) is 18.3. The van der Waals surface area contributed by atoms with Crippen molar-refractivity contribution in [3.63, 3.8) is 0 Å². The molecule has 1 aromatic rings. The summed E-state index contributed by atoms with van der Waals surface area (Å²) >= 11 is 1.46. The summed E-state index contributed by atoms with van der Waals surface area (Å²) in [6.45, 7) is 0. The number of ketones is 1. The number of carboxylic acids is 1. The summed E-state index contributed by atoms with van der Waals surface area (Å²) in [4.78, 5) is 35.4. The van der Waals surface area contributed by atoms with E-state index in [1.165, 1.54) is 31.0 Å². The number of ether oxygens (including phenoxy) is 1. The Hall–Kier alpha value is -2.09. The Kier molecular flexibility index (Phi) is 5.82. The van der Waals surface area contributed by atoms with E-state index in [2.05, 4.69) is 5.32 Å². The molecule has 2 rings (SSSR count). The maximum Gasteiger partial charge on any atom is 0.330 e. The Labute approximate surface area is 142 Å². The van der Waals surface area contributed by atoms with Crippen molar-refractivity contribution < 1.29 is 28.6 Å². The van der Waals surface area contributed by atoms with Crippen molar-refractivity contribution in [3.8, 4) is 5.75 Å². The lowest BCUT2D eigenvalue weighted by Crippen LogP contribution is -2.54. The number of amides is 1. The van der Waals surface area contributed by atoms with Gasteiger partial charge in [0.05, 0.1) is 7.11 Å². The van der Waals surface area contributed by atoms with Crippen molar-refractivity contribution in [2.45, 2.75) is 24.8 Å². The summed E-state index contributed by atoms with van der Waals surface area (Å²) in [6.07, 6.45) is 0.0863. The number of thioether (sulfide) groups is 1. The van der Waals surface area contributed by atoms with Crippen molar-refractivity contribution in [1.82, 2.24) is 5.32 Å². The molecule has 1 aromatic carbocycles. The molecule has 0 bridgehead atoms. The molecule has 2 N–H and O–H groups in total. The molecule has 1 atom stereocenters. The Morgan fingerprint density at radius 2 is 2.12 bits per heavy atom. The zero-order valence-corrected chi connectivity index (χ0v) is 14.0. The van der Waals surface area contributed by atoms with Gasteiger partial charge < -0.3 is 15.2 Å². The van der Waals surface area contributed by atoms with Gasteiger partial charge in [0.25, 0.3) is 0 Å². The van der Waals surface area contributed by atoms with Crippen LogP contribution in [0.25, 0.3) is 0 Å². The number of hydrogen-bond acceptors (Lipinski definition) is 5. The smallest absolute Gasteiger partial charge is 0.330 e. The third kappa shape index (κ3) is 4.05. The van der Waals surface area contributed by atoms with Crippen LogP contribution in [-0.2, 0) is 9.59 Å². The van der Waals surface area contributed by atoms with Gasteiger partial charge in [-0.15, -0.1) is 0 Å². The monoisotopic (exact) mass is 355 g/mol. The second-order valence-corrected chi connectivity index (χ2v) is 6.62. The molecule has 0 radical (unpaired) electrons. The summed E-state index contributed by atoms with van der Waals surface area (Å²) < 4.78 is 18.4. The molecule has 1 unspecified atom stereocenters. The minimum Gasteiger partial charge on any atom is -0.494 e. The van der Waals surface area contributed by atoms with Gasteiger partial charge in [0, 0.05) is 24.2 Å². The van der Waals surface area contributed by atoms with Crippen LogP contribution in [-0.4, -0.2) is 46.9 Å². The predicted molar refractivity (Wildman–Crippen MR) is 87.0 cm³/mol. The number of carbonyl (C=O) groups excluding carboxylic acids is 2. The molecule has 1 amide bonds. The average molecular weight is 355 g/mol. The fraction of sp³-hybridized carbons (Fsp3) is 0.438. The second kappa shape index (κ2) is 7.65. The minimum absolute atomic E-state index is 0.0337. The lowest BCUT2D eigenvalue weighted by molar-refractivity contribution is -0.146. The van der Waals surface area contributed by atoms with Crippen LogP contribution >= 0.6 is 11.8 Å².